The van der Waals surface area contributed by atoms with Crippen LogP contribution in [0.3, 0.4) is 0 Å². The lowest BCUT2D eigenvalue weighted by Crippen LogP contribution is -2.06. The van der Waals surface area contributed by atoms with E-state index in [9.17, 15) is 4.79 Å². The third kappa shape index (κ3) is 2.79. The molecule has 0 saturated heterocycles. The quantitative estimate of drug-likeness (QED) is 0.801. The molecule has 0 bridgehead atoms. The van der Waals surface area contributed by atoms with Crippen LogP contribution in [0.5, 0.6) is 0 Å². The van der Waals surface area contributed by atoms with E-state index in [2.05, 4.69) is 24.3 Å². The molecule has 0 spiro atoms. The van der Waals surface area contributed by atoms with E-state index < -0.39 is 0 Å². The van der Waals surface area contributed by atoms with Crippen LogP contribution in [0.2, 0.25) is 0 Å². The first-order valence-corrected chi connectivity index (χ1v) is 7.13. The zero-order chi connectivity index (χ0) is 10.7. The molecule has 1 aromatic carbocycles. The van der Waals surface area contributed by atoms with Gasteiger partial charge in [-0.05, 0) is 30.7 Å². The first-order valence-electron chi connectivity index (χ1n) is 5.10. The average Bonchev–Trinajstić information content (AvgIpc) is 2.26. The molecule has 15 heavy (non-hydrogen) atoms. The molecule has 0 aromatic heterocycles. The van der Waals surface area contributed by atoms with Gasteiger partial charge in [-0.15, -0.1) is 23.5 Å². The van der Waals surface area contributed by atoms with Crippen LogP contribution in [0.15, 0.2) is 29.2 Å². The Morgan fingerprint density at radius 2 is 2.33 bits per heavy atom. The Bertz CT molecular complexity index is 362. The van der Waals surface area contributed by atoms with Crippen LogP contribution in [0, 0.1) is 0 Å². The predicted octanol–water partition coefficient (Wildman–Crippen LogP) is 3.55. The number of ketones is 1. The van der Waals surface area contributed by atoms with E-state index in [0.717, 1.165) is 0 Å². The molecule has 0 fully saturated rings. The minimum absolute atomic E-state index is 0.274. The fourth-order valence-electron chi connectivity index (χ4n) is 1.70. The van der Waals surface area contributed by atoms with Gasteiger partial charge in [0.2, 0.25) is 0 Å². The lowest BCUT2D eigenvalue weighted by atomic mass is 10.1. The molecule has 0 aliphatic carbocycles. The molecule has 3 heteroatoms. The van der Waals surface area contributed by atoms with E-state index in [1.165, 1.54) is 22.6 Å². The summed E-state index contributed by atoms with van der Waals surface area (Å²) in [5, 5.41) is 0.520. The molecule has 0 amide bonds. The molecule has 2 rings (SSSR count). The molecule has 0 N–H and O–H groups in total. The fraction of sp³-hybridized carbons (Fsp3) is 0.417. The first-order chi connectivity index (χ1) is 7.27. The van der Waals surface area contributed by atoms with Gasteiger partial charge in [-0.1, -0.05) is 18.2 Å². The molecule has 1 atom stereocenters. The summed E-state index contributed by atoms with van der Waals surface area (Å²) >= 11 is 3.71. The SMILES string of the molecule is CC(=O)CSC1CCSc2ccccc21. The maximum atomic E-state index is 11.0. The van der Waals surface area contributed by atoms with Gasteiger partial charge >= 0.3 is 0 Å². The number of hydrogen-bond acceptors (Lipinski definition) is 3. The van der Waals surface area contributed by atoms with Gasteiger partial charge in [0.05, 0.1) is 5.75 Å². The molecule has 80 valence electrons. The van der Waals surface area contributed by atoms with Crippen molar-refractivity contribution in [1.29, 1.82) is 0 Å². The van der Waals surface area contributed by atoms with Crippen molar-refractivity contribution in [1.82, 2.24) is 0 Å². The maximum absolute atomic E-state index is 11.0. The van der Waals surface area contributed by atoms with Crippen LogP contribution in [0.1, 0.15) is 24.2 Å². The Kier molecular flexibility index (Phi) is 3.76. The normalized spacial score (nSPS) is 19.7. The smallest absolute Gasteiger partial charge is 0.139 e. The number of benzene rings is 1. The van der Waals surface area contributed by atoms with E-state index in [-0.39, 0.29) is 5.78 Å². The van der Waals surface area contributed by atoms with Crippen LogP contribution in [-0.2, 0) is 4.79 Å². The summed E-state index contributed by atoms with van der Waals surface area (Å²) in [5.41, 5.74) is 1.42. The van der Waals surface area contributed by atoms with Gasteiger partial charge in [-0.2, -0.15) is 0 Å². The number of carbonyl (C=O) groups excluding carboxylic acids is 1. The second-order valence-corrected chi connectivity index (χ2v) is 6.00. The highest BCUT2D eigenvalue weighted by Crippen LogP contribution is 2.43. The van der Waals surface area contributed by atoms with Crippen molar-refractivity contribution in [2.45, 2.75) is 23.5 Å². The predicted molar refractivity (Wildman–Crippen MR) is 67.7 cm³/mol. The van der Waals surface area contributed by atoms with E-state index in [0.29, 0.717) is 11.0 Å². The van der Waals surface area contributed by atoms with Gasteiger partial charge in [-0.25, -0.2) is 0 Å². The lowest BCUT2D eigenvalue weighted by Gasteiger charge is -2.24. The van der Waals surface area contributed by atoms with Crippen LogP contribution in [-0.4, -0.2) is 17.3 Å². The number of fused-ring (bicyclic) bond motifs is 1. The van der Waals surface area contributed by atoms with Gasteiger partial charge in [-0.3, -0.25) is 4.79 Å². The van der Waals surface area contributed by atoms with E-state index in [1.807, 2.05) is 11.8 Å². The summed E-state index contributed by atoms with van der Waals surface area (Å²) in [6, 6.07) is 8.55. The van der Waals surface area contributed by atoms with Crippen molar-refractivity contribution < 1.29 is 4.79 Å². The third-order valence-corrected chi connectivity index (χ3v) is 4.98. The maximum Gasteiger partial charge on any atom is 0.139 e. The Hall–Kier alpha value is -0.410. The number of thioether (sulfide) groups is 2. The van der Waals surface area contributed by atoms with E-state index in [1.54, 1.807) is 18.7 Å². The molecule has 0 radical (unpaired) electrons. The highest BCUT2D eigenvalue weighted by atomic mass is 32.2. The molecule has 0 saturated carbocycles. The van der Waals surface area contributed by atoms with Gasteiger partial charge < -0.3 is 0 Å². The molecule has 1 aliphatic heterocycles. The largest absolute Gasteiger partial charge is 0.299 e. The van der Waals surface area contributed by atoms with E-state index >= 15 is 0 Å². The summed E-state index contributed by atoms with van der Waals surface area (Å²) in [6.07, 6.45) is 1.18. The highest BCUT2D eigenvalue weighted by Gasteiger charge is 2.20. The van der Waals surface area contributed by atoms with Crippen molar-refractivity contribution in [3.8, 4) is 0 Å². The summed E-state index contributed by atoms with van der Waals surface area (Å²) in [7, 11) is 0. The Morgan fingerprint density at radius 3 is 3.13 bits per heavy atom. The molecule has 1 aliphatic rings. The van der Waals surface area contributed by atoms with Crippen molar-refractivity contribution in [3.05, 3.63) is 29.8 Å². The summed E-state index contributed by atoms with van der Waals surface area (Å²) in [4.78, 5) is 12.4. The lowest BCUT2D eigenvalue weighted by molar-refractivity contribution is -0.114. The minimum atomic E-state index is 0.274. The second kappa shape index (κ2) is 5.08. The number of carbonyl (C=O) groups is 1. The topological polar surface area (TPSA) is 17.1 Å². The Balaban J connectivity index is 2.11. The summed E-state index contributed by atoms with van der Waals surface area (Å²) in [6.45, 7) is 1.66. The zero-order valence-electron chi connectivity index (χ0n) is 8.73. The van der Waals surface area contributed by atoms with Crippen LogP contribution in [0.25, 0.3) is 0 Å². The second-order valence-electron chi connectivity index (χ2n) is 3.68. The molecular formula is C12H14OS2. The van der Waals surface area contributed by atoms with Crippen LogP contribution >= 0.6 is 23.5 Å². The Labute approximate surface area is 99.0 Å². The summed E-state index contributed by atoms with van der Waals surface area (Å²) in [5.74, 6) is 2.09. The van der Waals surface area contributed by atoms with Crippen LogP contribution < -0.4 is 0 Å². The minimum Gasteiger partial charge on any atom is -0.299 e. The molecule has 1 unspecified atom stereocenters. The standard InChI is InChI=1S/C12H14OS2/c1-9(13)8-15-12-6-7-14-11-5-3-2-4-10(11)12/h2-5,12H,6-8H2,1H3. The Morgan fingerprint density at radius 1 is 1.53 bits per heavy atom. The molecule has 1 heterocycles. The average molecular weight is 238 g/mol. The molecular weight excluding hydrogens is 224 g/mol. The van der Waals surface area contributed by atoms with Crippen LogP contribution in [0.4, 0.5) is 0 Å². The first kappa shape index (κ1) is 11.1. The van der Waals surface area contributed by atoms with Crippen molar-refractivity contribution in [2.24, 2.45) is 0 Å². The highest BCUT2D eigenvalue weighted by molar-refractivity contribution is 8.01. The van der Waals surface area contributed by atoms with Gasteiger partial charge in [0.25, 0.3) is 0 Å². The van der Waals surface area contributed by atoms with Gasteiger partial charge in [0, 0.05) is 10.1 Å². The summed E-state index contributed by atoms with van der Waals surface area (Å²) < 4.78 is 0. The molecule has 1 aromatic rings. The number of hydrogen-bond donors (Lipinski definition) is 0. The third-order valence-electron chi connectivity index (χ3n) is 2.39. The van der Waals surface area contributed by atoms with Gasteiger partial charge in [0.15, 0.2) is 0 Å². The monoisotopic (exact) mass is 238 g/mol. The van der Waals surface area contributed by atoms with Gasteiger partial charge in [0.1, 0.15) is 5.78 Å². The van der Waals surface area contributed by atoms with Crippen molar-refractivity contribution in [3.63, 3.8) is 0 Å². The number of rotatable bonds is 3. The van der Waals surface area contributed by atoms with Crippen molar-refractivity contribution in [2.75, 3.05) is 11.5 Å². The zero-order valence-corrected chi connectivity index (χ0v) is 10.4. The van der Waals surface area contributed by atoms with Crippen molar-refractivity contribution >= 4 is 29.3 Å². The van der Waals surface area contributed by atoms with E-state index in [4.69, 9.17) is 0 Å². The number of Topliss-reactive ketones (excluding diaryl/α,β-unsaturated/α-hetero) is 1. The fourth-order valence-corrected chi connectivity index (χ4v) is 4.15. The molecule has 1 nitrogen and oxygen atoms in total.